The molecule has 0 unspecified atom stereocenters. The summed E-state index contributed by atoms with van der Waals surface area (Å²) < 4.78 is 59.1. The molecule has 196 valence electrons. The van der Waals surface area contributed by atoms with Crippen LogP contribution in [-0.2, 0) is 28.0 Å². The number of halogens is 3. The first kappa shape index (κ1) is 26.5. The summed E-state index contributed by atoms with van der Waals surface area (Å²) >= 11 is 6.13. The summed E-state index contributed by atoms with van der Waals surface area (Å²) in [5.41, 5.74) is 0.508. The molecular formula is C23H21ClF2N4O6S. The highest BCUT2D eigenvalue weighted by Crippen LogP contribution is 2.38. The molecule has 3 aromatic rings. The van der Waals surface area contributed by atoms with Crippen molar-refractivity contribution in [2.75, 3.05) is 28.7 Å². The average Bonchev–Trinajstić information content (AvgIpc) is 3.22. The topological polar surface area (TPSA) is 122 Å². The van der Waals surface area contributed by atoms with Crippen LogP contribution in [0.2, 0.25) is 5.02 Å². The third kappa shape index (κ3) is 5.58. The molecule has 10 nitrogen and oxygen atoms in total. The Morgan fingerprint density at radius 2 is 1.95 bits per heavy atom. The maximum atomic E-state index is 13.8. The summed E-state index contributed by atoms with van der Waals surface area (Å²) in [6, 6.07) is 7.68. The number of aliphatic hydroxyl groups is 1. The lowest BCUT2D eigenvalue weighted by Crippen LogP contribution is -2.38. The van der Waals surface area contributed by atoms with Gasteiger partial charge < -0.3 is 9.84 Å². The van der Waals surface area contributed by atoms with Crippen LogP contribution in [0, 0.1) is 11.6 Å². The number of nitrogens with zero attached hydrogens (tertiary/aromatic N) is 4. The summed E-state index contributed by atoms with van der Waals surface area (Å²) in [6.45, 7) is -0.977. The molecule has 1 aliphatic rings. The normalized spacial score (nSPS) is 13.1. The van der Waals surface area contributed by atoms with E-state index in [4.69, 9.17) is 21.4 Å². The van der Waals surface area contributed by atoms with Crippen molar-refractivity contribution in [3.63, 3.8) is 0 Å². The van der Waals surface area contributed by atoms with Crippen molar-refractivity contribution in [1.82, 2.24) is 9.55 Å². The van der Waals surface area contributed by atoms with E-state index in [-0.39, 0.29) is 55.0 Å². The van der Waals surface area contributed by atoms with Crippen LogP contribution in [0.1, 0.15) is 17.5 Å². The minimum Gasteiger partial charge on any atom is -0.471 e. The first-order chi connectivity index (χ1) is 17.5. The van der Waals surface area contributed by atoms with Gasteiger partial charge in [-0.2, -0.15) is 0 Å². The molecule has 1 aliphatic heterocycles. The third-order valence-electron chi connectivity index (χ3n) is 5.58. The van der Waals surface area contributed by atoms with Crippen LogP contribution in [0.4, 0.5) is 20.2 Å². The molecule has 37 heavy (non-hydrogen) atoms. The van der Waals surface area contributed by atoms with E-state index in [1.54, 1.807) is 12.1 Å². The Kier molecular flexibility index (Phi) is 7.48. The number of hydrogen-bond donors (Lipinski definition) is 1. The van der Waals surface area contributed by atoms with E-state index in [0.717, 1.165) is 16.6 Å². The second-order valence-electron chi connectivity index (χ2n) is 8.19. The molecule has 0 saturated carbocycles. The van der Waals surface area contributed by atoms with E-state index in [0.29, 0.717) is 17.3 Å². The fourth-order valence-electron chi connectivity index (χ4n) is 3.75. The Labute approximate surface area is 215 Å². The monoisotopic (exact) mass is 554 g/mol. The highest BCUT2D eigenvalue weighted by atomic mass is 35.5. The molecule has 2 aromatic carbocycles. The largest absolute Gasteiger partial charge is 0.471 e. The molecule has 0 atom stereocenters. The maximum absolute atomic E-state index is 13.8. The van der Waals surface area contributed by atoms with Gasteiger partial charge >= 0.3 is 0 Å². The van der Waals surface area contributed by atoms with Crippen molar-refractivity contribution in [1.29, 1.82) is 0 Å². The zero-order valence-corrected chi connectivity index (χ0v) is 21.0. The summed E-state index contributed by atoms with van der Waals surface area (Å²) in [7, 11) is -3.73. The third-order valence-corrected chi connectivity index (χ3v) is 7.02. The van der Waals surface area contributed by atoms with Gasteiger partial charge in [0.15, 0.2) is 5.02 Å². The zero-order valence-electron chi connectivity index (χ0n) is 19.4. The van der Waals surface area contributed by atoms with Gasteiger partial charge in [0.1, 0.15) is 31.2 Å². The minimum absolute atomic E-state index is 0.0338. The fourth-order valence-corrected chi connectivity index (χ4v) is 4.79. The molecule has 4 rings (SSSR count). The number of aliphatic hydroxyl groups excluding tert-OH is 1. The van der Waals surface area contributed by atoms with Crippen LogP contribution in [0.3, 0.4) is 0 Å². The van der Waals surface area contributed by atoms with E-state index < -0.39 is 33.1 Å². The van der Waals surface area contributed by atoms with Crippen LogP contribution < -0.4 is 19.5 Å². The SMILES string of the molecule is CS(=O)(=O)N1CN(C(=O)CCO)c2ccc(Cn3cnc(OCc4ccc(F)cc4F)c(Cl)c3=O)cc21. The molecule has 0 bridgehead atoms. The van der Waals surface area contributed by atoms with Crippen LogP contribution in [0.15, 0.2) is 47.5 Å². The molecule has 1 N–H and O–H groups in total. The molecule has 0 radical (unpaired) electrons. The Hall–Kier alpha value is -3.55. The quantitative estimate of drug-likeness (QED) is 0.453. The van der Waals surface area contributed by atoms with Crippen molar-refractivity contribution >= 4 is 38.9 Å². The predicted octanol–water partition coefficient (Wildman–Crippen LogP) is 2.25. The summed E-state index contributed by atoms with van der Waals surface area (Å²) in [5.74, 6) is -2.23. The van der Waals surface area contributed by atoms with Crippen molar-refractivity contribution in [2.45, 2.75) is 19.6 Å². The number of rotatable bonds is 8. The number of ether oxygens (including phenoxy) is 1. The van der Waals surface area contributed by atoms with Gasteiger partial charge in [-0.25, -0.2) is 26.5 Å². The van der Waals surface area contributed by atoms with Gasteiger partial charge in [-0.3, -0.25) is 19.1 Å². The number of hydrogen-bond acceptors (Lipinski definition) is 7. The predicted molar refractivity (Wildman–Crippen MR) is 131 cm³/mol. The number of anilines is 2. The molecule has 14 heteroatoms. The zero-order chi connectivity index (χ0) is 26.9. The first-order valence-corrected chi connectivity index (χ1v) is 13.1. The van der Waals surface area contributed by atoms with Gasteiger partial charge in [-0.1, -0.05) is 17.7 Å². The number of amides is 1. The Morgan fingerprint density at radius 1 is 1.19 bits per heavy atom. The van der Waals surface area contributed by atoms with Crippen LogP contribution in [0.25, 0.3) is 0 Å². The summed E-state index contributed by atoms with van der Waals surface area (Å²) in [4.78, 5) is 30.4. The second-order valence-corrected chi connectivity index (χ2v) is 10.5. The molecule has 0 saturated heterocycles. The van der Waals surface area contributed by atoms with Gasteiger partial charge in [-0.05, 0) is 29.8 Å². The Bertz CT molecular complexity index is 1530. The molecule has 0 aliphatic carbocycles. The molecule has 0 spiro atoms. The van der Waals surface area contributed by atoms with Crippen molar-refractivity contribution in [2.24, 2.45) is 0 Å². The lowest BCUT2D eigenvalue weighted by atomic mass is 10.1. The maximum Gasteiger partial charge on any atom is 0.276 e. The van der Waals surface area contributed by atoms with Crippen molar-refractivity contribution < 1.29 is 31.8 Å². The molecule has 0 fully saturated rings. The summed E-state index contributed by atoms with van der Waals surface area (Å²) in [6.07, 6.45) is 2.01. The van der Waals surface area contributed by atoms with Gasteiger partial charge in [0.25, 0.3) is 5.56 Å². The molecule has 2 heterocycles. The average molecular weight is 555 g/mol. The lowest BCUT2D eigenvalue weighted by molar-refractivity contribution is -0.119. The highest BCUT2D eigenvalue weighted by molar-refractivity contribution is 7.92. The number of benzene rings is 2. The van der Waals surface area contributed by atoms with Crippen molar-refractivity contribution in [3.05, 3.63) is 80.9 Å². The van der Waals surface area contributed by atoms with E-state index in [2.05, 4.69) is 4.98 Å². The van der Waals surface area contributed by atoms with E-state index in [1.165, 1.54) is 27.9 Å². The first-order valence-electron chi connectivity index (χ1n) is 10.8. The van der Waals surface area contributed by atoms with Crippen LogP contribution >= 0.6 is 11.6 Å². The number of sulfonamides is 1. The minimum atomic E-state index is -3.73. The lowest BCUT2D eigenvalue weighted by Gasteiger charge is -2.18. The van der Waals surface area contributed by atoms with Crippen molar-refractivity contribution in [3.8, 4) is 5.88 Å². The fraction of sp³-hybridized carbons (Fsp3) is 0.261. The van der Waals surface area contributed by atoms with Gasteiger partial charge in [0.2, 0.25) is 21.8 Å². The number of fused-ring (bicyclic) bond motifs is 1. The Morgan fingerprint density at radius 3 is 2.62 bits per heavy atom. The van der Waals surface area contributed by atoms with E-state index >= 15 is 0 Å². The van der Waals surface area contributed by atoms with Crippen LogP contribution in [0.5, 0.6) is 5.88 Å². The number of carbonyl (C=O) groups is 1. The highest BCUT2D eigenvalue weighted by Gasteiger charge is 2.34. The van der Waals surface area contributed by atoms with E-state index in [9.17, 15) is 26.8 Å². The van der Waals surface area contributed by atoms with Gasteiger partial charge in [-0.15, -0.1) is 0 Å². The standard InChI is InChI=1S/C23H21ClF2N4O6S/c1-37(34,35)30-13-29(20(32)6-7-31)18-5-2-14(8-19(18)30)10-28-12-27-22(21(24)23(28)33)36-11-15-3-4-16(25)9-17(15)26/h2-5,8-9,12,31H,6-7,10-11,13H2,1H3. The van der Waals surface area contributed by atoms with Gasteiger partial charge in [0, 0.05) is 11.6 Å². The van der Waals surface area contributed by atoms with E-state index in [1.807, 2.05) is 0 Å². The smallest absolute Gasteiger partial charge is 0.276 e. The van der Waals surface area contributed by atoms with Crippen LogP contribution in [-0.4, -0.2) is 48.5 Å². The second kappa shape index (κ2) is 10.4. The molecule has 1 amide bonds. The molecular weight excluding hydrogens is 534 g/mol. The van der Waals surface area contributed by atoms with Gasteiger partial charge in [0.05, 0.1) is 37.2 Å². The Balaban J connectivity index is 1.57. The summed E-state index contributed by atoms with van der Waals surface area (Å²) in [5, 5.41) is 8.74. The number of carbonyl (C=O) groups excluding carboxylic acids is 1. The molecule has 1 aromatic heterocycles. The number of aromatic nitrogens is 2.